The Morgan fingerprint density at radius 1 is 1.27 bits per heavy atom. The summed E-state index contributed by atoms with van der Waals surface area (Å²) in [5, 5.41) is 12.0. The van der Waals surface area contributed by atoms with Crippen LogP contribution in [0.4, 0.5) is 4.79 Å². The fraction of sp³-hybridized carbons (Fsp3) is 0.353. The molecule has 0 saturated heterocycles. The molecular weight excluding hydrogens is 336 g/mol. The van der Waals surface area contributed by atoms with Gasteiger partial charge in [0.1, 0.15) is 11.3 Å². The summed E-state index contributed by atoms with van der Waals surface area (Å²) >= 11 is 0. The summed E-state index contributed by atoms with van der Waals surface area (Å²) in [5.74, 6) is -0.575. The number of amides is 2. The first-order chi connectivity index (χ1) is 12.2. The normalized spacial score (nSPS) is 13.2. The molecular formula is C17H22N6O3. The van der Waals surface area contributed by atoms with Gasteiger partial charge in [0.25, 0.3) is 0 Å². The van der Waals surface area contributed by atoms with Crippen LogP contribution in [0, 0.1) is 0 Å². The zero-order chi connectivity index (χ0) is 19.3. The average molecular weight is 358 g/mol. The molecule has 1 unspecified atom stereocenters. The van der Waals surface area contributed by atoms with Gasteiger partial charge in [0.2, 0.25) is 0 Å². The van der Waals surface area contributed by atoms with E-state index in [1.807, 2.05) is 30.3 Å². The average Bonchev–Trinajstić information content (AvgIpc) is 3.01. The van der Waals surface area contributed by atoms with Gasteiger partial charge in [-0.3, -0.25) is 0 Å². The van der Waals surface area contributed by atoms with Crippen LogP contribution in [0.1, 0.15) is 33.7 Å². The number of rotatable bonds is 5. The molecule has 0 aliphatic heterocycles. The van der Waals surface area contributed by atoms with Crippen molar-refractivity contribution in [3.05, 3.63) is 36.5 Å². The van der Waals surface area contributed by atoms with Gasteiger partial charge in [-0.2, -0.15) is 5.10 Å². The number of hydrazone groups is 1. The minimum atomic E-state index is -0.994. The Balaban J connectivity index is 2.37. The lowest BCUT2D eigenvalue weighted by molar-refractivity contribution is -0.157. The predicted octanol–water partition coefficient (Wildman–Crippen LogP) is 1.87. The molecule has 1 aromatic heterocycles. The number of nitrogens with one attached hydrogen (secondary N) is 1. The number of nitrogens with two attached hydrogens (primary N) is 1. The number of carbonyl (C=O) groups excluding carboxylic acids is 2. The summed E-state index contributed by atoms with van der Waals surface area (Å²) in [5.41, 5.74) is 8.14. The lowest BCUT2D eigenvalue weighted by Crippen LogP contribution is -2.35. The first-order valence-electron chi connectivity index (χ1n) is 7.97. The van der Waals surface area contributed by atoms with Gasteiger partial charge in [0.05, 0.1) is 11.9 Å². The number of benzene rings is 1. The summed E-state index contributed by atoms with van der Waals surface area (Å²) in [6.45, 7) is 6.83. The number of hydrogen-bond donors (Lipinski definition) is 2. The van der Waals surface area contributed by atoms with Gasteiger partial charge >= 0.3 is 12.0 Å². The Labute approximate surface area is 151 Å². The largest absolute Gasteiger partial charge is 0.458 e. The van der Waals surface area contributed by atoms with Crippen molar-refractivity contribution >= 4 is 17.7 Å². The number of esters is 1. The van der Waals surface area contributed by atoms with Crippen LogP contribution in [0.2, 0.25) is 0 Å². The maximum absolute atomic E-state index is 12.7. The van der Waals surface area contributed by atoms with E-state index in [9.17, 15) is 9.59 Å². The minimum absolute atomic E-state index is 0.252. The molecule has 0 bridgehead atoms. The lowest BCUT2D eigenvalue weighted by Gasteiger charge is -2.23. The van der Waals surface area contributed by atoms with Crippen molar-refractivity contribution in [3.63, 3.8) is 0 Å². The molecule has 2 aromatic rings. The first-order valence-corrected chi connectivity index (χ1v) is 7.97. The van der Waals surface area contributed by atoms with E-state index in [0.717, 1.165) is 5.56 Å². The molecule has 3 N–H and O–H groups in total. The SMILES string of the molecule is C/C(=N\NC(N)=O)C(C(=O)OC(C)(C)C)n1cc(-c2ccccc2)nn1. The fourth-order valence-corrected chi connectivity index (χ4v) is 2.18. The van der Waals surface area contributed by atoms with E-state index in [4.69, 9.17) is 10.5 Å². The Hall–Kier alpha value is -3.23. The molecule has 9 nitrogen and oxygen atoms in total. The molecule has 1 aromatic carbocycles. The highest BCUT2D eigenvalue weighted by Gasteiger charge is 2.30. The first kappa shape index (κ1) is 19.1. The van der Waals surface area contributed by atoms with Crippen LogP contribution in [0.15, 0.2) is 41.6 Å². The molecule has 1 atom stereocenters. The van der Waals surface area contributed by atoms with Crippen LogP contribution in [-0.2, 0) is 9.53 Å². The molecule has 0 radical (unpaired) electrons. The second kappa shape index (κ2) is 7.77. The summed E-state index contributed by atoms with van der Waals surface area (Å²) < 4.78 is 6.79. The highest BCUT2D eigenvalue weighted by molar-refractivity contribution is 6.03. The number of nitrogens with zero attached hydrogens (tertiary/aromatic N) is 4. The molecule has 0 spiro atoms. The molecule has 1 heterocycles. The van der Waals surface area contributed by atoms with Gasteiger partial charge in [0, 0.05) is 5.56 Å². The number of ether oxygens (including phenoxy) is 1. The quantitative estimate of drug-likeness (QED) is 0.479. The van der Waals surface area contributed by atoms with E-state index in [2.05, 4.69) is 20.8 Å². The third-order valence-electron chi connectivity index (χ3n) is 3.21. The molecule has 2 amide bonds. The molecule has 0 saturated carbocycles. The maximum Gasteiger partial charge on any atom is 0.337 e. The highest BCUT2D eigenvalue weighted by atomic mass is 16.6. The Morgan fingerprint density at radius 3 is 2.50 bits per heavy atom. The predicted molar refractivity (Wildman–Crippen MR) is 96.2 cm³/mol. The number of aromatic nitrogens is 3. The number of primary amides is 1. The molecule has 0 fully saturated rings. The van der Waals surface area contributed by atoms with Gasteiger partial charge in [-0.1, -0.05) is 35.5 Å². The second-order valence-corrected chi connectivity index (χ2v) is 6.62. The van der Waals surface area contributed by atoms with Crippen molar-refractivity contribution in [2.24, 2.45) is 10.8 Å². The molecule has 138 valence electrons. The third-order valence-corrected chi connectivity index (χ3v) is 3.21. The van der Waals surface area contributed by atoms with Crippen molar-refractivity contribution in [1.82, 2.24) is 20.4 Å². The van der Waals surface area contributed by atoms with E-state index in [1.54, 1.807) is 33.9 Å². The van der Waals surface area contributed by atoms with E-state index in [1.165, 1.54) is 4.68 Å². The topological polar surface area (TPSA) is 124 Å². The van der Waals surface area contributed by atoms with Crippen molar-refractivity contribution in [2.75, 3.05) is 0 Å². The Kier molecular flexibility index (Phi) is 5.71. The van der Waals surface area contributed by atoms with Crippen LogP contribution >= 0.6 is 0 Å². The Bertz CT molecular complexity index is 807. The Morgan fingerprint density at radius 2 is 1.92 bits per heavy atom. The van der Waals surface area contributed by atoms with Crippen molar-refractivity contribution in [3.8, 4) is 11.3 Å². The monoisotopic (exact) mass is 358 g/mol. The smallest absolute Gasteiger partial charge is 0.337 e. The van der Waals surface area contributed by atoms with Crippen LogP contribution in [-0.4, -0.2) is 38.3 Å². The van der Waals surface area contributed by atoms with Gasteiger partial charge < -0.3 is 10.5 Å². The second-order valence-electron chi connectivity index (χ2n) is 6.62. The van der Waals surface area contributed by atoms with E-state index in [0.29, 0.717) is 5.69 Å². The zero-order valence-electron chi connectivity index (χ0n) is 15.1. The molecule has 0 aliphatic carbocycles. The highest BCUT2D eigenvalue weighted by Crippen LogP contribution is 2.20. The summed E-state index contributed by atoms with van der Waals surface area (Å²) in [7, 11) is 0. The van der Waals surface area contributed by atoms with Gasteiger partial charge in [-0.05, 0) is 27.7 Å². The summed E-state index contributed by atoms with van der Waals surface area (Å²) in [6.07, 6.45) is 1.62. The molecule has 9 heteroatoms. The standard InChI is InChI=1S/C17H22N6O3/c1-11(19-21-16(18)25)14(15(24)26-17(2,3)4)23-10-13(20-22-23)12-8-6-5-7-9-12/h5-10,14H,1-4H3,(H3,18,21,25)/b19-11+. The van der Waals surface area contributed by atoms with Crippen molar-refractivity contribution in [2.45, 2.75) is 39.3 Å². The van der Waals surface area contributed by atoms with Gasteiger partial charge in [-0.25, -0.2) is 19.7 Å². The maximum atomic E-state index is 12.7. The molecule has 0 aliphatic rings. The summed E-state index contributed by atoms with van der Waals surface area (Å²) in [6, 6.07) is 7.58. The van der Waals surface area contributed by atoms with E-state index >= 15 is 0 Å². The number of hydrogen-bond acceptors (Lipinski definition) is 6. The zero-order valence-corrected chi connectivity index (χ0v) is 15.1. The van der Waals surface area contributed by atoms with Crippen LogP contribution in [0.3, 0.4) is 0 Å². The van der Waals surface area contributed by atoms with E-state index in [-0.39, 0.29) is 5.71 Å². The van der Waals surface area contributed by atoms with Crippen molar-refractivity contribution < 1.29 is 14.3 Å². The van der Waals surface area contributed by atoms with Gasteiger partial charge in [-0.15, -0.1) is 5.10 Å². The third kappa shape index (κ3) is 5.13. The van der Waals surface area contributed by atoms with Gasteiger partial charge in [0.15, 0.2) is 6.04 Å². The van der Waals surface area contributed by atoms with E-state index < -0.39 is 23.6 Å². The summed E-state index contributed by atoms with van der Waals surface area (Å²) in [4.78, 5) is 23.6. The molecule has 26 heavy (non-hydrogen) atoms. The van der Waals surface area contributed by atoms with Crippen molar-refractivity contribution in [1.29, 1.82) is 0 Å². The van der Waals surface area contributed by atoms with Crippen LogP contribution in [0.5, 0.6) is 0 Å². The number of carbonyl (C=O) groups is 2. The molecule has 2 rings (SSSR count). The van der Waals surface area contributed by atoms with Crippen LogP contribution in [0.25, 0.3) is 11.3 Å². The fourth-order valence-electron chi connectivity index (χ4n) is 2.18. The number of urea groups is 1. The minimum Gasteiger partial charge on any atom is -0.458 e. The van der Waals surface area contributed by atoms with Crippen LogP contribution < -0.4 is 11.2 Å². The lowest BCUT2D eigenvalue weighted by atomic mass is 10.1.